The Morgan fingerprint density at radius 2 is 1.81 bits per heavy atom. The number of nitrogens with one attached hydrogen (secondary N) is 3. The Morgan fingerprint density at radius 1 is 1.04 bits per heavy atom. The van der Waals surface area contributed by atoms with Gasteiger partial charge in [0, 0.05) is 19.0 Å². The molecule has 1 aliphatic carbocycles. The van der Waals surface area contributed by atoms with Crippen molar-refractivity contribution in [3.05, 3.63) is 35.4 Å². The first-order valence-corrected chi connectivity index (χ1v) is 9.57. The van der Waals surface area contributed by atoms with E-state index < -0.39 is 0 Å². The number of benzene rings is 1. The number of fused-ring (bicyclic) bond motifs is 1. The van der Waals surface area contributed by atoms with Crippen molar-refractivity contribution in [1.82, 2.24) is 16.0 Å². The van der Waals surface area contributed by atoms with E-state index >= 15 is 0 Å². The molecule has 1 fully saturated rings. The topological polar surface area (TPSA) is 70.2 Å². The average Bonchev–Trinajstić information content (AvgIpc) is 2.65. The molecule has 1 heterocycles. The normalized spacial score (nSPS) is 19.8. The fourth-order valence-corrected chi connectivity index (χ4v) is 3.96. The Bertz CT molecular complexity index is 602. The minimum absolute atomic E-state index is 0. The van der Waals surface area contributed by atoms with E-state index in [0.717, 1.165) is 25.8 Å². The molecule has 2 amide bonds. The number of halogens is 1. The summed E-state index contributed by atoms with van der Waals surface area (Å²) in [4.78, 5) is 24.0. The largest absolute Gasteiger partial charge is 0.353 e. The average molecular weight is 380 g/mol. The predicted molar refractivity (Wildman–Crippen MR) is 105 cm³/mol. The van der Waals surface area contributed by atoms with Crippen molar-refractivity contribution in [2.45, 2.75) is 51.0 Å². The number of carbonyl (C=O) groups is 2. The Labute approximate surface area is 162 Å². The highest BCUT2D eigenvalue weighted by Gasteiger charge is 2.20. The van der Waals surface area contributed by atoms with Crippen molar-refractivity contribution in [1.29, 1.82) is 0 Å². The zero-order valence-corrected chi connectivity index (χ0v) is 16.1. The Balaban J connectivity index is 0.00000243. The number of carbonyl (C=O) groups excluding carboxylic acids is 2. The van der Waals surface area contributed by atoms with E-state index in [9.17, 15) is 9.59 Å². The van der Waals surface area contributed by atoms with E-state index in [1.54, 1.807) is 0 Å². The molecule has 0 spiro atoms. The SMILES string of the molecule is Cl.O=C(CNC(=O)CC1CCCCC1)NCC1NCCc2ccccc21. The van der Waals surface area contributed by atoms with Crippen LogP contribution in [0.1, 0.15) is 55.7 Å². The van der Waals surface area contributed by atoms with Crippen LogP contribution in [0.5, 0.6) is 0 Å². The Hall–Kier alpha value is -1.59. The quantitative estimate of drug-likeness (QED) is 0.711. The van der Waals surface area contributed by atoms with Gasteiger partial charge in [0.25, 0.3) is 0 Å². The summed E-state index contributed by atoms with van der Waals surface area (Å²) in [5.41, 5.74) is 2.61. The maximum atomic E-state index is 12.0. The third kappa shape index (κ3) is 5.99. The van der Waals surface area contributed by atoms with E-state index in [0.29, 0.717) is 18.9 Å². The lowest BCUT2D eigenvalue weighted by atomic mass is 9.87. The maximum absolute atomic E-state index is 12.0. The smallest absolute Gasteiger partial charge is 0.239 e. The van der Waals surface area contributed by atoms with Gasteiger partial charge in [-0.2, -0.15) is 0 Å². The summed E-state index contributed by atoms with van der Waals surface area (Å²) in [6, 6.07) is 8.50. The van der Waals surface area contributed by atoms with Crippen molar-refractivity contribution in [3.63, 3.8) is 0 Å². The molecule has 26 heavy (non-hydrogen) atoms. The van der Waals surface area contributed by atoms with Gasteiger partial charge in [0.15, 0.2) is 0 Å². The molecule has 1 aromatic rings. The summed E-state index contributed by atoms with van der Waals surface area (Å²) in [6.07, 6.45) is 7.63. The second-order valence-corrected chi connectivity index (χ2v) is 7.24. The number of amides is 2. The van der Waals surface area contributed by atoms with Crippen molar-refractivity contribution >= 4 is 24.2 Å². The van der Waals surface area contributed by atoms with Crippen LogP contribution < -0.4 is 16.0 Å². The van der Waals surface area contributed by atoms with Crippen LogP contribution in [-0.4, -0.2) is 31.4 Å². The molecule has 1 aromatic carbocycles. The minimum atomic E-state index is -0.123. The molecule has 144 valence electrons. The molecule has 6 heteroatoms. The van der Waals surface area contributed by atoms with E-state index in [2.05, 4.69) is 34.1 Å². The summed E-state index contributed by atoms with van der Waals surface area (Å²) < 4.78 is 0. The Kier molecular flexibility index (Phi) is 8.39. The van der Waals surface area contributed by atoms with E-state index in [4.69, 9.17) is 0 Å². The summed E-state index contributed by atoms with van der Waals surface area (Å²) >= 11 is 0. The van der Waals surface area contributed by atoms with Crippen molar-refractivity contribution < 1.29 is 9.59 Å². The third-order valence-electron chi connectivity index (χ3n) is 5.36. The standard InChI is InChI=1S/C20H29N3O2.ClH/c24-19(12-15-6-2-1-3-7-15)23-14-20(25)22-13-18-17-9-5-4-8-16(17)10-11-21-18;/h4-5,8-9,15,18,21H,1-3,6-7,10-14H2,(H,22,25)(H,23,24);1H. The molecule has 3 N–H and O–H groups in total. The molecule has 5 nitrogen and oxygen atoms in total. The van der Waals surface area contributed by atoms with E-state index in [1.165, 1.54) is 30.4 Å². The van der Waals surface area contributed by atoms with Gasteiger partial charge >= 0.3 is 0 Å². The maximum Gasteiger partial charge on any atom is 0.239 e. The molecule has 0 saturated heterocycles. The van der Waals surface area contributed by atoms with Gasteiger partial charge in [0.2, 0.25) is 11.8 Å². The number of rotatable bonds is 6. The number of hydrogen-bond donors (Lipinski definition) is 3. The molecule has 2 aliphatic rings. The summed E-state index contributed by atoms with van der Waals surface area (Å²) in [6.45, 7) is 1.55. The van der Waals surface area contributed by atoms with Crippen LogP contribution in [0.4, 0.5) is 0 Å². The van der Waals surface area contributed by atoms with Crippen LogP contribution in [0, 0.1) is 5.92 Å². The molecule has 0 aromatic heterocycles. The fourth-order valence-electron chi connectivity index (χ4n) is 3.96. The fraction of sp³-hybridized carbons (Fsp3) is 0.600. The highest BCUT2D eigenvalue weighted by Crippen LogP contribution is 2.26. The monoisotopic (exact) mass is 379 g/mol. The molecule has 1 aliphatic heterocycles. The number of hydrogen-bond acceptors (Lipinski definition) is 3. The highest BCUT2D eigenvalue weighted by atomic mass is 35.5. The lowest BCUT2D eigenvalue weighted by Crippen LogP contribution is -2.42. The summed E-state index contributed by atoms with van der Waals surface area (Å²) in [5, 5.41) is 9.15. The van der Waals surface area contributed by atoms with Crippen LogP contribution in [-0.2, 0) is 16.0 Å². The van der Waals surface area contributed by atoms with E-state index in [1.807, 2.05) is 6.07 Å². The second kappa shape index (κ2) is 10.5. The molecular formula is C20H30ClN3O2. The molecule has 0 radical (unpaired) electrons. The summed E-state index contributed by atoms with van der Waals surface area (Å²) in [7, 11) is 0. The predicted octanol–water partition coefficient (Wildman–Crippen LogP) is 2.50. The second-order valence-electron chi connectivity index (χ2n) is 7.24. The van der Waals surface area contributed by atoms with Crippen LogP contribution >= 0.6 is 12.4 Å². The zero-order chi connectivity index (χ0) is 17.5. The summed E-state index contributed by atoms with van der Waals surface area (Å²) in [5.74, 6) is 0.379. The molecule has 3 rings (SSSR count). The lowest BCUT2D eigenvalue weighted by Gasteiger charge is -2.27. The third-order valence-corrected chi connectivity index (χ3v) is 5.36. The van der Waals surface area contributed by atoms with Crippen LogP contribution in [0.15, 0.2) is 24.3 Å². The van der Waals surface area contributed by atoms with Gasteiger partial charge in [0.05, 0.1) is 6.54 Å². The first kappa shape index (κ1) is 20.7. The van der Waals surface area contributed by atoms with Crippen molar-refractivity contribution in [3.8, 4) is 0 Å². The van der Waals surface area contributed by atoms with Gasteiger partial charge in [-0.25, -0.2) is 0 Å². The minimum Gasteiger partial charge on any atom is -0.353 e. The molecule has 1 unspecified atom stereocenters. The molecular weight excluding hydrogens is 350 g/mol. The lowest BCUT2D eigenvalue weighted by molar-refractivity contribution is -0.126. The zero-order valence-electron chi connectivity index (χ0n) is 15.3. The Morgan fingerprint density at radius 3 is 2.62 bits per heavy atom. The van der Waals surface area contributed by atoms with E-state index in [-0.39, 0.29) is 36.8 Å². The van der Waals surface area contributed by atoms with Crippen molar-refractivity contribution in [2.75, 3.05) is 19.6 Å². The van der Waals surface area contributed by atoms with Gasteiger partial charge in [-0.15, -0.1) is 12.4 Å². The van der Waals surface area contributed by atoms with Crippen LogP contribution in [0.2, 0.25) is 0 Å². The molecule has 1 saturated carbocycles. The van der Waals surface area contributed by atoms with Crippen molar-refractivity contribution in [2.24, 2.45) is 5.92 Å². The van der Waals surface area contributed by atoms with Crippen LogP contribution in [0.3, 0.4) is 0 Å². The van der Waals surface area contributed by atoms with Gasteiger partial charge in [-0.1, -0.05) is 43.5 Å². The van der Waals surface area contributed by atoms with Crippen LogP contribution in [0.25, 0.3) is 0 Å². The van der Waals surface area contributed by atoms with Gasteiger partial charge < -0.3 is 16.0 Å². The molecule has 0 bridgehead atoms. The van der Waals surface area contributed by atoms with Gasteiger partial charge in [-0.3, -0.25) is 9.59 Å². The molecule has 1 atom stereocenters. The highest BCUT2D eigenvalue weighted by molar-refractivity contribution is 5.85. The van der Waals surface area contributed by atoms with Gasteiger partial charge in [0.1, 0.15) is 0 Å². The first-order chi connectivity index (χ1) is 12.2. The van der Waals surface area contributed by atoms with Gasteiger partial charge in [-0.05, 0) is 42.9 Å². The first-order valence-electron chi connectivity index (χ1n) is 9.57.